The van der Waals surface area contributed by atoms with Crippen molar-refractivity contribution in [1.82, 2.24) is 10.9 Å². The number of hydrogen-bond acceptors (Lipinski definition) is 3. The Bertz CT molecular complexity index is 566. The first kappa shape index (κ1) is 18.6. The highest BCUT2D eigenvalue weighted by atomic mass is 15.4. The topological polar surface area (TPSA) is 50.1 Å². The molecule has 0 saturated heterocycles. The molecule has 23 heavy (non-hydrogen) atoms. The average Bonchev–Trinajstić information content (AvgIpc) is 2.59. The van der Waals surface area contributed by atoms with Crippen LogP contribution in [0.5, 0.6) is 0 Å². The minimum Gasteiger partial charge on any atom is -0.405 e. The van der Waals surface area contributed by atoms with Gasteiger partial charge in [-0.2, -0.15) is 0 Å². The van der Waals surface area contributed by atoms with Crippen molar-refractivity contribution in [3.63, 3.8) is 0 Å². The van der Waals surface area contributed by atoms with Crippen molar-refractivity contribution < 1.29 is 0 Å². The molecule has 0 fully saturated rings. The van der Waals surface area contributed by atoms with Crippen LogP contribution in [-0.4, -0.2) is 0 Å². The number of nitrogens with two attached hydrogens (primary N) is 1. The minimum atomic E-state index is 0.886. The van der Waals surface area contributed by atoms with Crippen molar-refractivity contribution in [3.8, 4) is 0 Å². The first-order chi connectivity index (χ1) is 11.2. The second-order valence-electron chi connectivity index (χ2n) is 5.34. The second kappa shape index (κ2) is 11.2. The van der Waals surface area contributed by atoms with Crippen LogP contribution in [0.15, 0.2) is 77.8 Å². The lowest BCUT2D eigenvalue weighted by molar-refractivity contribution is 0.701. The molecule has 0 radical (unpaired) electrons. The average molecular weight is 311 g/mol. The number of hydrogen-bond donors (Lipinski definition) is 3. The van der Waals surface area contributed by atoms with Gasteiger partial charge in [0.25, 0.3) is 0 Å². The smallest absolute Gasteiger partial charge is 0.0529 e. The van der Waals surface area contributed by atoms with Crippen molar-refractivity contribution in [2.24, 2.45) is 5.73 Å². The van der Waals surface area contributed by atoms with Crippen LogP contribution in [0, 0.1) is 0 Å². The van der Waals surface area contributed by atoms with E-state index in [0.29, 0.717) is 0 Å². The molecule has 1 aromatic carbocycles. The molecule has 0 aliphatic carbocycles. The van der Waals surface area contributed by atoms with Gasteiger partial charge in [-0.1, -0.05) is 61.9 Å². The zero-order valence-corrected chi connectivity index (χ0v) is 14.5. The molecule has 0 bridgehead atoms. The maximum absolute atomic E-state index is 5.51. The van der Waals surface area contributed by atoms with E-state index >= 15 is 0 Å². The summed E-state index contributed by atoms with van der Waals surface area (Å²) < 4.78 is 0. The summed E-state index contributed by atoms with van der Waals surface area (Å²) >= 11 is 0. The molecule has 3 nitrogen and oxygen atoms in total. The van der Waals surface area contributed by atoms with Crippen molar-refractivity contribution in [2.45, 2.75) is 40.0 Å². The molecule has 0 atom stereocenters. The summed E-state index contributed by atoms with van der Waals surface area (Å²) in [6, 6.07) is 10.4. The van der Waals surface area contributed by atoms with Crippen LogP contribution in [0.25, 0.3) is 0 Å². The minimum absolute atomic E-state index is 0.886. The predicted octanol–water partition coefficient (Wildman–Crippen LogP) is 4.33. The second-order valence-corrected chi connectivity index (χ2v) is 5.34. The lowest BCUT2D eigenvalue weighted by Gasteiger charge is -2.15. The fraction of sp³-hybridized carbons (Fsp3) is 0.300. The predicted molar refractivity (Wildman–Crippen MR) is 100 cm³/mol. The van der Waals surface area contributed by atoms with E-state index in [4.69, 9.17) is 5.73 Å². The Morgan fingerprint density at radius 1 is 1.13 bits per heavy atom. The summed E-state index contributed by atoms with van der Waals surface area (Å²) in [5, 5.41) is 0. The van der Waals surface area contributed by atoms with Crippen LogP contribution in [0.3, 0.4) is 0 Å². The van der Waals surface area contributed by atoms with E-state index in [-0.39, 0.29) is 0 Å². The van der Waals surface area contributed by atoms with Crippen LogP contribution < -0.4 is 16.6 Å². The van der Waals surface area contributed by atoms with Crippen molar-refractivity contribution in [3.05, 3.63) is 83.4 Å². The Morgan fingerprint density at radius 3 is 2.48 bits per heavy atom. The van der Waals surface area contributed by atoms with Crippen molar-refractivity contribution in [2.75, 3.05) is 0 Å². The van der Waals surface area contributed by atoms with Crippen LogP contribution >= 0.6 is 0 Å². The van der Waals surface area contributed by atoms with E-state index in [0.717, 1.165) is 30.7 Å². The Labute approximate surface area is 140 Å². The molecule has 1 aromatic rings. The number of unbranched alkanes of at least 4 members (excludes halogenated alkanes) is 1. The summed E-state index contributed by atoms with van der Waals surface area (Å²) in [6.07, 6.45) is 12.8. The van der Waals surface area contributed by atoms with E-state index in [9.17, 15) is 0 Å². The largest absolute Gasteiger partial charge is 0.405 e. The van der Waals surface area contributed by atoms with E-state index in [2.05, 4.69) is 67.2 Å². The van der Waals surface area contributed by atoms with Gasteiger partial charge in [0.2, 0.25) is 0 Å². The van der Waals surface area contributed by atoms with Gasteiger partial charge in [-0.15, -0.1) is 0 Å². The molecular formula is C20H29N3. The summed E-state index contributed by atoms with van der Waals surface area (Å²) in [4.78, 5) is 0. The molecule has 3 heteroatoms. The lowest BCUT2D eigenvalue weighted by atomic mass is 10.1. The fourth-order valence-electron chi connectivity index (χ4n) is 2.00. The Kier molecular flexibility index (Phi) is 9.06. The third-order valence-electron chi connectivity index (χ3n) is 3.51. The molecule has 0 aromatic heterocycles. The summed E-state index contributed by atoms with van der Waals surface area (Å²) in [5.74, 6) is 0. The van der Waals surface area contributed by atoms with E-state index in [1.54, 1.807) is 6.20 Å². The third-order valence-corrected chi connectivity index (χ3v) is 3.51. The molecule has 4 N–H and O–H groups in total. The van der Waals surface area contributed by atoms with Gasteiger partial charge in [-0.05, 0) is 50.1 Å². The molecule has 0 saturated carbocycles. The Morgan fingerprint density at radius 2 is 1.87 bits per heavy atom. The number of nitrogens with one attached hydrogen (secondary N) is 2. The molecule has 0 aliphatic heterocycles. The van der Waals surface area contributed by atoms with Crippen LogP contribution in [0.1, 0.15) is 39.2 Å². The third kappa shape index (κ3) is 7.41. The van der Waals surface area contributed by atoms with Crippen molar-refractivity contribution in [1.29, 1.82) is 0 Å². The maximum atomic E-state index is 5.51. The van der Waals surface area contributed by atoms with Crippen LogP contribution in [0.4, 0.5) is 0 Å². The first-order valence-electron chi connectivity index (χ1n) is 8.19. The SMILES string of the molecule is C/C=C(C)/C(=C/Cc1ccccc1)NN/C(C=CN)=C/CCC. The van der Waals surface area contributed by atoms with Crippen LogP contribution in [-0.2, 0) is 6.42 Å². The highest BCUT2D eigenvalue weighted by Crippen LogP contribution is 2.09. The van der Waals surface area contributed by atoms with Gasteiger partial charge in [0.05, 0.1) is 11.4 Å². The molecule has 124 valence electrons. The van der Waals surface area contributed by atoms with E-state index in [1.807, 2.05) is 19.1 Å². The van der Waals surface area contributed by atoms with Crippen molar-refractivity contribution >= 4 is 0 Å². The normalized spacial score (nSPS) is 13.4. The van der Waals surface area contributed by atoms with Gasteiger partial charge < -0.3 is 16.6 Å². The molecule has 0 heterocycles. The quantitative estimate of drug-likeness (QED) is 0.470. The Balaban J connectivity index is 2.78. The summed E-state index contributed by atoms with van der Waals surface area (Å²) in [6.45, 7) is 6.30. The monoisotopic (exact) mass is 311 g/mol. The number of hydrazine groups is 1. The zero-order chi connectivity index (χ0) is 16.9. The number of rotatable bonds is 9. The maximum Gasteiger partial charge on any atom is 0.0529 e. The van der Waals surface area contributed by atoms with Gasteiger partial charge in [-0.25, -0.2) is 0 Å². The van der Waals surface area contributed by atoms with E-state index < -0.39 is 0 Å². The summed E-state index contributed by atoms with van der Waals surface area (Å²) in [7, 11) is 0. The van der Waals surface area contributed by atoms with Gasteiger partial charge in [0, 0.05) is 0 Å². The van der Waals surface area contributed by atoms with Gasteiger partial charge in [0.1, 0.15) is 0 Å². The highest BCUT2D eigenvalue weighted by Gasteiger charge is 2.00. The van der Waals surface area contributed by atoms with Gasteiger partial charge in [-0.3, -0.25) is 0 Å². The number of benzene rings is 1. The van der Waals surface area contributed by atoms with Gasteiger partial charge in [0.15, 0.2) is 0 Å². The molecular weight excluding hydrogens is 282 g/mol. The first-order valence-corrected chi connectivity index (χ1v) is 8.19. The molecule has 0 amide bonds. The fourth-order valence-corrected chi connectivity index (χ4v) is 2.00. The van der Waals surface area contributed by atoms with E-state index in [1.165, 1.54) is 11.1 Å². The highest BCUT2D eigenvalue weighted by molar-refractivity contribution is 5.30. The Hall–Kier alpha value is -2.42. The lowest BCUT2D eigenvalue weighted by Crippen LogP contribution is -2.30. The van der Waals surface area contributed by atoms with Crippen LogP contribution in [0.2, 0.25) is 0 Å². The summed E-state index contributed by atoms with van der Waals surface area (Å²) in [5.41, 5.74) is 16.6. The standard InChI is InChI=1S/C20H29N3/c1-4-6-12-19(15-16-21)22-23-20(17(3)5-2)14-13-18-10-8-7-9-11-18/h5,7-12,14-16,22-23H,4,6,13,21H2,1-3H3/b16-15?,17-5+,19-12+,20-14-. The molecule has 0 unspecified atom stereocenters. The molecule has 0 spiro atoms. The molecule has 1 rings (SSSR count). The molecule has 0 aliphatic rings. The number of allylic oxidation sites excluding steroid dienone is 5. The zero-order valence-electron chi connectivity index (χ0n) is 14.5. The van der Waals surface area contributed by atoms with Gasteiger partial charge >= 0.3 is 0 Å².